The fourth-order valence-corrected chi connectivity index (χ4v) is 10.2. The molecule has 1 aliphatic heterocycles. The molecule has 1 amide bonds. The van der Waals surface area contributed by atoms with Crippen molar-refractivity contribution in [2.75, 3.05) is 6.61 Å². The fourth-order valence-electron chi connectivity index (χ4n) is 10.2. The van der Waals surface area contributed by atoms with Gasteiger partial charge < -0.3 is 44.3 Å². The summed E-state index contributed by atoms with van der Waals surface area (Å²) in [7, 11) is 0. The average molecular weight is 854 g/mol. The maximum atomic E-state index is 15.5. The van der Waals surface area contributed by atoms with Crippen molar-refractivity contribution in [3.63, 3.8) is 0 Å². The zero-order chi connectivity index (χ0) is 44.9. The molecular weight excluding hydrogens is 803 g/mol. The summed E-state index contributed by atoms with van der Waals surface area (Å²) in [5.74, 6) is -6.84. The largest absolute Gasteiger partial charge is 0.456 e. The van der Waals surface area contributed by atoms with E-state index in [1.807, 2.05) is 0 Å². The van der Waals surface area contributed by atoms with E-state index in [9.17, 15) is 39.3 Å². The Morgan fingerprint density at radius 1 is 0.823 bits per heavy atom. The van der Waals surface area contributed by atoms with E-state index in [0.717, 1.165) is 13.8 Å². The average Bonchev–Trinajstić information content (AvgIpc) is 3.24. The Hall–Kier alpha value is -5.74. The minimum atomic E-state index is -2.39. The molecule has 328 valence electrons. The van der Waals surface area contributed by atoms with Crippen molar-refractivity contribution in [2.45, 2.75) is 108 Å². The van der Waals surface area contributed by atoms with E-state index >= 15 is 4.79 Å². The van der Waals surface area contributed by atoms with Crippen LogP contribution in [0.2, 0.25) is 0 Å². The zero-order valence-corrected chi connectivity index (χ0v) is 35.2. The number of ketones is 1. The normalized spacial score (nSPS) is 31.9. The molecule has 0 spiro atoms. The fraction of sp³-hybridized carbons (Fsp3) is 0.447. The second kappa shape index (κ2) is 16.5. The van der Waals surface area contributed by atoms with Crippen molar-refractivity contribution in [1.29, 1.82) is 0 Å². The first-order valence-electron chi connectivity index (χ1n) is 20.5. The zero-order valence-electron chi connectivity index (χ0n) is 35.2. The molecule has 11 atom stereocenters. The van der Waals surface area contributed by atoms with Crippen LogP contribution in [0.1, 0.15) is 86.7 Å². The number of benzene rings is 3. The van der Waals surface area contributed by atoms with Crippen LogP contribution in [0.5, 0.6) is 0 Å². The Kier molecular flexibility index (Phi) is 11.8. The van der Waals surface area contributed by atoms with Gasteiger partial charge >= 0.3 is 23.9 Å². The molecular formula is C47H51NO14. The molecule has 2 bridgehead atoms. The van der Waals surface area contributed by atoms with Crippen LogP contribution in [0.25, 0.3) is 0 Å². The van der Waals surface area contributed by atoms with Gasteiger partial charge in [0.25, 0.3) is 5.91 Å². The number of hydrogen-bond acceptors (Lipinski definition) is 14. The highest BCUT2D eigenvalue weighted by Crippen LogP contribution is 2.64. The highest BCUT2D eigenvalue weighted by atomic mass is 16.6. The number of esters is 4. The molecule has 4 N–H and O–H groups in total. The van der Waals surface area contributed by atoms with Crippen LogP contribution in [0.15, 0.2) is 102 Å². The lowest BCUT2D eigenvalue weighted by Crippen LogP contribution is -2.82. The molecule has 15 heteroatoms. The third-order valence-corrected chi connectivity index (χ3v) is 13.5. The smallest absolute Gasteiger partial charge is 0.338 e. The molecule has 15 nitrogen and oxygen atoms in total. The molecule has 3 fully saturated rings. The molecule has 1 saturated heterocycles. The Labute approximate surface area is 358 Å². The Bertz CT molecular complexity index is 2280. The second-order valence-electron chi connectivity index (χ2n) is 17.4. The Morgan fingerprint density at radius 3 is 1.95 bits per heavy atom. The summed E-state index contributed by atoms with van der Waals surface area (Å²) in [4.78, 5) is 83.5. The number of aliphatic hydroxyl groups excluding tert-OH is 2. The van der Waals surface area contributed by atoms with E-state index in [0.29, 0.717) is 5.56 Å². The van der Waals surface area contributed by atoms with Crippen molar-refractivity contribution in [2.24, 2.45) is 16.7 Å². The maximum Gasteiger partial charge on any atom is 0.338 e. The van der Waals surface area contributed by atoms with E-state index in [4.69, 9.17) is 23.7 Å². The van der Waals surface area contributed by atoms with Gasteiger partial charge in [-0.3, -0.25) is 19.2 Å². The minimum Gasteiger partial charge on any atom is -0.456 e. The number of Topliss-reactive ketones (excluding diaryl/α,β-unsaturated/α-hetero) is 1. The molecule has 0 radical (unpaired) electrons. The van der Waals surface area contributed by atoms with E-state index < -0.39 is 113 Å². The summed E-state index contributed by atoms with van der Waals surface area (Å²) < 4.78 is 30.3. The number of hydrogen-bond donors (Lipinski definition) is 4. The summed E-state index contributed by atoms with van der Waals surface area (Å²) in [6.45, 7) is 7.97. The van der Waals surface area contributed by atoms with Crippen LogP contribution < -0.4 is 5.32 Å². The first-order valence-corrected chi connectivity index (χ1v) is 20.5. The van der Waals surface area contributed by atoms with Gasteiger partial charge in [0.1, 0.15) is 23.9 Å². The SMILES string of the molecule is CC(=O)O[C@H]1C(=O)[C@@]2(C)C(C(OC(=O)c3ccccc3)[C@]3(O)CC(OC(=O)C(O)C(NC(=O)c4ccccc4)c4ccccc4)C(C)=C1C3(C)C)[C@]1(OC(C)=O)CO[C@@H]1C[C@H]2O. The lowest BCUT2D eigenvalue weighted by atomic mass is 9.44. The summed E-state index contributed by atoms with van der Waals surface area (Å²) in [6.07, 6.45) is -10.5. The quantitative estimate of drug-likeness (QED) is 0.130. The van der Waals surface area contributed by atoms with Gasteiger partial charge in [0.15, 0.2) is 23.6 Å². The van der Waals surface area contributed by atoms with Crippen molar-refractivity contribution >= 4 is 35.6 Å². The number of amides is 1. The molecule has 5 unspecified atom stereocenters. The van der Waals surface area contributed by atoms with Crippen LogP contribution in [0, 0.1) is 16.7 Å². The Balaban J connectivity index is 1.39. The monoisotopic (exact) mass is 853 g/mol. The van der Waals surface area contributed by atoms with E-state index in [1.54, 1.807) is 92.7 Å². The third-order valence-electron chi connectivity index (χ3n) is 13.5. The molecule has 7 rings (SSSR count). The van der Waals surface area contributed by atoms with Crippen LogP contribution in [-0.2, 0) is 42.9 Å². The third kappa shape index (κ3) is 7.29. The number of nitrogens with one attached hydrogen (secondary N) is 1. The summed E-state index contributed by atoms with van der Waals surface area (Å²) in [5, 5.41) is 40.2. The highest BCUT2D eigenvalue weighted by Gasteiger charge is 2.78. The molecule has 3 aliphatic carbocycles. The maximum absolute atomic E-state index is 15.5. The van der Waals surface area contributed by atoms with Gasteiger partial charge in [-0.15, -0.1) is 0 Å². The summed E-state index contributed by atoms with van der Waals surface area (Å²) in [6, 6.07) is 22.9. The molecule has 3 aromatic rings. The Morgan fingerprint density at radius 2 is 1.40 bits per heavy atom. The van der Waals surface area contributed by atoms with Gasteiger partial charge in [-0.1, -0.05) is 80.6 Å². The first kappa shape index (κ1) is 44.3. The molecule has 2 saturated carbocycles. The number of carbonyl (C=O) groups is 6. The van der Waals surface area contributed by atoms with Crippen molar-refractivity contribution in [3.05, 3.63) is 119 Å². The molecule has 62 heavy (non-hydrogen) atoms. The number of ether oxygens (including phenoxy) is 5. The molecule has 0 aromatic heterocycles. The molecule has 4 aliphatic rings. The van der Waals surface area contributed by atoms with Gasteiger partial charge in [-0.2, -0.15) is 0 Å². The van der Waals surface area contributed by atoms with Gasteiger partial charge in [0.05, 0.1) is 35.6 Å². The minimum absolute atomic E-state index is 0.00289. The van der Waals surface area contributed by atoms with Gasteiger partial charge in [-0.25, -0.2) is 9.59 Å². The molecule has 3 aromatic carbocycles. The van der Waals surface area contributed by atoms with Crippen molar-refractivity contribution in [1.82, 2.24) is 5.32 Å². The van der Waals surface area contributed by atoms with Crippen LogP contribution in [0.3, 0.4) is 0 Å². The topological polar surface area (TPSA) is 221 Å². The second-order valence-corrected chi connectivity index (χ2v) is 17.4. The van der Waals surface area contributed by atoms with Crippen molar-refractivity contribution < 1.29 is 67.8 Å². The van der Waals surface area contributed by atoms with Crippen LogP contribution in [0.4, 0.5) is 0 Å². The van der Waals surface area contributed by atoms with Crippen LogP contribution in [-0.4, -0.2) is 105 Å². The van der Waals surface area contributed by atoms with E-state index in [1.165, 1.54) is 26.0 Å². The van der Waals surface area contributed by atoms with Crippen molar-refractivity contribution in [3.8, 4) is 0 Å². The summed E-state index contributed by atoms with van der Waals surface area (Å²) >= 11 is 0. The summed E-state index contributed by atoms with van der Waals surface area (Å²) in [5.41, 5.74) is -7.02. The van der Waals surface area contributed by atoms with Crippen LogP contribution >= 0.6 is 0 Å². The number of rotatable bonds is 10. The van der Waals surface area contributed by atoms with Gasteiger partial charge in [0, 0.05) is 37.7 Å². The predicted octanol–water partition coefficient (Wildman–Crippen LogP) is 3.74. The van der Waals surface area contributed by atoms with Gasteiger partial charge in [0.2, 0.25) is 0 Å². The highest BCUT2D eigenvalue weighted by molar-refractivity contribution is 5.96. The number of carbonyl (C=O) groups excluding carboxylic acids is 6. The van der Waals surface area contributed by atoms with Gasteiger partial charge in [-0.05, 0) is 54.8 Å². The predicted molar refractivity (Wildman–Crippen MR) is 218 cm³/mol. The molecule has 1 heterocycles. The lowest BCUT2D eigenvalue weighted by Gasteiger charge is -2.67. The van der Waals surface area contributed by atoms with E-state index in [2.05, 4.69) is 5.32 Å². The number of aliphatic hydroxyl groups is 3. The number of fused-ring (bicyclic) bond motifs is 5. The lowest BCUT2D eigenvalue weighted by molar-refractivity contribution is -0.346. The standard InChI is InChI=1S/C47H51NO14/c1-25-31(60-43(56)36(52)35(28-16-10-7-11-17-28)48-41(54)29-18-12-8-13-19-29)23-47(57)40(61-42(55)30-20-14-9-15-21-30)38-45(6,32(51)22-33-46(38,24-58-33)62-27(3)50)39(53)37(59-26(2)49)34(25)44(47,4)5/h7-21,31-33,35-38,40,51-52,57H,22-24H2,1-6H3,(H,48,54)/t31?,32-,33-,35?,36?,37-,38?,40?,45-,46+,47-/m1/s1. The van der Waals surface area contributed by atoms with E-state index in [-0.39, 0.29) is 35.3 Å². The first-order chi connectivity index (χ1) is 29.3.